The van der Waals surface area contributed by atoms with Gasteiger partial charge in [0.1, 0.15) is 11.9 Å². The molecule has 0 aliphatic heterocycles. The summed E-state index contributed by atoms with van der Waals surface area (Å²) in [6.07, 6.45) is -0.327. The Morgan fingerprint density at radius 3 is 2.14 bits per heavy atom. The van der Waals surface area contributed by atoms with Crippen molar-refractivity contribution < 1.29 is 34.4 Å². The maximum absolute atomic E-state index is 12.9. The summed E-state index contributed by atoms with van der Waals surface area (Å²) in [5.74, 6) is -2.75. The fourth-order valence-corrected chi connectivity index (χ4v) is 4.74. The van der Waals surface area contributed by atoms with E-state index in [1.807, 2.05) is 72.8 Å². The molecule has 3 N–H and O–H groups in total. The number of aliphatic hydroxyl groups excluding tert-OH is 2. The van der Waals surface area contributed by atoms with Gasteiger partial charge in [0, 0.05) is 18.8 Å². The molecule has 0 saturated heterocycles. The average Bonchev–Trinajstić information content (AvgIpc) is 3.21. The third-order valence-electron chi connectivity index (χ3n) is 6.55. The van der Waals surface area contributed by atoms with E-state index in [9.17, 15) is 24.9 Å². The van der Waals surface area contributed by atoms with Crippen molar-refractivity contribution in [3.05, 3.63) is 102 Å². The number of rotatable bonds is 10. The largest absolute Gasteiger partial charge is 0.512 e. The Hall–Kier alpha value is -4.10. The van der Waals surface area contributed by atoms with Gasteiger partial charge < -0.3 is 24.8 Å². The van der Waals surface area contributed by atoms with Gasteiger partial charge >= 0.3 is 11.9 Å². The van der Waals surface area contributed by atoms with Crippen LogP contribution in [0.3, 0.4) is 0 Å². The minimum atomic E-state index is -1.10. The van der Waals surface area contributed by atoms with Crippen molar-refractivity contribution in [2.24, 2.45) is 11.8 Å². The van der Waals surface area contributed by atoms with E-state index in [2.05, 4.69) is 0 Å². The Balaban J connectivity index is 1.45. The van der Waals surface area contributed by atoms with E-state index in [-0.39, 0.29) is 18.6 Å². The number of para-hydroxylation sites is 1. The highest BCUT2D eigenvalue weighted by molar-refractivity contribution is 5.90. The zero-order valence-electron chi connectivity index (χ0n) is 20.3. The van der Waals surface area contributed by atoms with Crippen molar-refractivity contribution in [1.82, 2.24) is 0 Å². The summed E-state index contributed by atoms with van der Waals surface area (Å²) in [4.78, 5) is 24.4. The van der Waals surface area contributed by atoms with Crippen molar-refractivity contribution >= 4 is 11.9 Å². The van der Waals surface area contributed by atoms with Gasteiger partial charge in [-0.05, 0) is 41.5 Å². The quantitative estimate of drug-likeness (QED) is 0.197. The lowest BCUT2D eigenvalue weighted by Gasteiger charge is -2.24. The smallest absolute Gasteiger partial charge is 0.338 e. The molecule has 0 unspecified atom stereocenters. The van der Waals surface area contributed by atoms with Crippen LogP contribution in [-0.4, -0.2) is 46.1 Å². The second-order valence-electron chi connectivity index (χ2n) is 9.06. The van der Waals surface area contributed by atoms with Gasteiger partial charge in [-0.25, -0.2) is 4.79 Å². The molecule has 37 heavy (non-hydrogen) atoms. The van der Waals surface area contributed by atoms with E-state index in [0.29, 0.717) is 24.3 Å². The molecule has 7 heteroatoms. The molecule has 1 aliphatic carbocycles. The third kappa shape index (κ3) is 6.77. The molecule has 1 saturated carbocycles. The summed E-state index contributed by atoms with van der Waals surface area (Å²) >= 11 is 0. The zero-order chi connectivity index (χ0) is 26.2. The molecule has 192 valence electrons. The highest BCUT2D eigenvalue weighted by Gasteiger charge is 2.47. The number of ether oxygens (including phenoxy) is 2. The highest BCUT2D eigenvalue weighted by atomic mass is 16.5. The summed E-state index contributed by atoms with van der Waals surface area (Å²) in [7, 11) is 0. The van der Waals surface area contributed by atoms with Crippen LogP contribution in [0.4, 0.5) is 0 Å². The molecule has 1 aliphatic rings. The summed E-state index contributed by atoms with van der Waals surface area (Å²) < 4.78 is 11.3. The van der Waals surface area contributed by atoms with Crippen LogP contribution in [-0.2, 0) is 9.53 Å². The predicted molar refractivity (Wildman–Crippen MR) is 138 cm³/mol. The molecule has 1 fully saturated rings. The molecular formula is C30H30O7. The fraction of sp³-hybridized carbons (Fsp3) is 0.267. The number of esters is 1. The average molecular weight is 503 g/mol. The first kappa shape index (κ1) is 26.0. The maximum Gasteiger partial charge on any atom is 0.338 e. The summed E-state index contributed by atoms with van der Waals surface area (Å²) in [5.41, 5.74) is 2.30. The van der Waals surface area contributed by atoms with Gasteiger partial charge in [-0.15, -0.1) is 0 Å². The standard InChI is InChI=1S/C30H30O7/c31-25(12-7-17-36-23-10-5-2-6-11-23)29-24(18-28(33)34)26(32)19-27(29)37-30(35)22-15-13-21(14-16-22)20-8-3-1-4-9-20/h1-6,8-16,24,26-27,29,31-32H,7,17-19H2,(H,33,34)/t24-,26-,27+,29-/m0/s1. The first-order chi connectivity index (χ1) is 17.9. The summed E-state index contributed by atoms with van der Waals surface area (Å²) in [6.45, 7) is 0.297. The van der Waals surface area contributed by atoms with Crippen molar-refractivity contribution in [2.45, 2.75) is 31.5 Å². The molecule has 4 atom stereocenters. The first-order valence-electron chi connectivity index (χ1n) is 12.3. The minimum absolute atomic E-state index is 0.0366. The van der Waals surface area contributed by atoms with Crippen LogP contribution in [0.1, 0.15) is 29.6 Å². The van der Waals surface area contributed by atoms with Gasteiger partial charge in [0.25, 0.3) is 0 Å². The lowest BCUT2D eigenvalue weighted by atomic mass is 9.88. The van der Waals surface area contributed by atoms with E-state index < -0.39 is 36.0 Å². The molecule has 0 heterocycles. The predicted octanol–water partition coefficient (Wildman–Crippen LogP) is 5.26. The van der Waals surface area contributed by atoms with E-state index in [0.717, 1.165) is 11.1 Å². The molecule has 0 amide bonds. The summed E-state index contributed by atoms with van der Waals surface area (Å²) in [6, 6.07) is 26.0. The maximum atomic E-state index is 12.9. The van der Waals surface area contributed by atoms with Gasteiger partial charge in [-0.2, -0.15) is 0 Å². The van der Waals surface area contributed by atoms with Crippen molar-refractivity contribution in [3.8, 4) is 16.9 Å². The van der Waals surface area contributed by atoms with Gasteiger partial charge in [-0.3, -0.25) is 4.79 Å². The number of aliphatic hydroxyl groups is 2. The number of carbonyl (C=O) groups excluding carboxylic acids is 1. The molecule has 0 radical (unpaired) electrons. The molecular weight excluding hydrogens is 472 g/mol. The molecule has 3 aromatic rings. The van der Waals surface area contributed by atoms with Gasteiger partial charge in [0.15, 0.2) is 0 Å². The SMILES string of the molecule is O=C(O)C[C@@H]1[C@@H](C(O)=CCCOc2ccccc2)[C@H](OC(=O)c2ccc(-c3ccccc3)cc2)C[C@@H]1O. The van der Waals surface area contributed by atoms with E-state index >= 15 is 0 Å². The van der Waals surface area contributed by atoms with Crippen LogP contribution in [0, 0.1) is 11.8 Å². The van der Waals surface area contributed by atoms with Crippen molar-refractivity contribution in [2.75, 3.05) is 6.61 Å². The number of carboxylic acid groups (broad SMARTS) is 1. The van der Waals surface area contributed by atoms with Crippen LogP contribution < -0.4 is 4.74 Å². The van der Waals surface area contributed by atoms with Crippen molar-refractivity contribution in [1.29, 1.82) is 0 Å². The zero-order valence-corrected chi connectivity index (χ0v) is 20.3. The second-order valence-corrected chi connectivity index (χ2v) is 9.06. The topological polar surface area (TPSA) is 113 Å². The Bertz CT molecular complexity index is 1210. The Labute approximate surface area is 215 Å². The molecule has 7 nitrogen and oxygen atoms in total. The number of carbonyl (C=O) groups is 2. The normalized spacial score (nSPS) is 21.4. The van der Waals surface area contributed by atoms with Crippen LogP contribution in [0.2, 0.25) is 0 Å². The van der Waals surface area contributed by atoms with Crippen LogP contribution in [0.15, 0.2) is 96.8 Å². The minimum Gasteiger partial charge on any atom is -0.512 e. The number of aliphatic carboxylic acids is 1. The number of hydrogen-bond acceptors (Lipinski definition) is 6. The van der Waals surface area contributed by atoms with Gasteiger partial charge in [-0.1, -0.05) is 60.7 Å². The molecule has 0 aromatic heterocycles. The molecule has 0 spiro atoms. The Morgan fingerprint density at radius 1 is 0.865 bits per heavy atom. The van der Waals surface area contributed by atoms with Crippen LogP contribution >= 0.6 is 0 Å². The molecule has 0 bridgehead atoms. The highest BCUT2D eigenvalue weighted by Crippen LogP contribution is 2.41. The van der Waals surface area contributed by atoms with Crippen LogP contribution in [0.25, 0.3) is 11.1 Å². The van der Waals surface area contributed by atoms with Gasteiger partial charge in [0.05, 0.1) is 36.4 Å². The number of carboxylic acids is 1. The third-order valence-corrected chi connectivity index (χ3v) is 6.55. The van der Waals surface area contributed by atoms with E-state index in [1.165, 1.54) is 6.08 Å². The van der Waals surface area contributed by atoms with E-state index in [4.69, 9.17) is 9.47 Å². The van der Waals surface area contributed by atoms with Gasteiger partial charge in [0.2, 0.25) is 0 Å². The molecule has 4 rings (SSSR count). The summed E-state index contributed by atoms with van der Waals surface area (Å²) in [5, 5.41) is 30.8. The van der Waals surface area contributed by atoms with E-state index in [1.54, 1.807) is 12.1 Å². The monoisotopic (exact) mass is 502 g/mol. The first-order valence-corrected chi connectivity index (χ1v) is 12.3. The Morgan fingerprint density at radius 2 is 1.49 bits per heavy atom. The second kappa shape index (κ2) is 12.2. The lowest BCUT2D eigenvalue weighted by Crippen LogP contribution is -2.29. The molecule has 3 aromatic carbocycles. The van der Waals surface area contributed by atoms with Crippen molar-refractivity contribution in [3.63, 3.8) is 0 Å². The fourth-order valence-electron chi connectivity index (χ4n) is 4.74. The Kier molecular flexibility index (Phi) is 8.59. The van der Waals surface area contributed by atoms with Crippen LogP contribution in [0.5, 0.6) is 5.75 Å². The number of hydrogen-bond donors (Lipinski definition) is 3. The number of benzene rings is 3. The lowest BCUT2D eigenvalue weighted by molar-refractivity contribution is -0.139.